The maximum absolute atomic E-state index is 12.9. The fourth-order valence-electron chi connectivity index (χ4n) is 2.74. The molecule has 0 saturated carbocycles. The molecule has 2 N–H and O–H groups in total. The van der Waals surface area contributed by atoms with Crippen LogP contribution in [-0.2, 0) is 16.1 Å². The molecule has 0 fully saturated rings. The van der Waals surface area contributed by atoms with E-state index >= 15 is 0 Å². The summed E-state index contributed by atoms with van der Waals surface area (Å²) in [6, 6.07) is 16.8. The summed E-state index contributed by atoms with van der Waals surface area (Å²) in [6.45, 7) is 0.699. The normalized spacial score (nSPS) is 10.6. The van der Waals surface area contributed by atoms with Crippen LogP contribution in [0.3, 0.4) is 0 Å². The number of primary amides is 1. The Kier molecular flexibility index (Phi) is 7.39. The minimum Gasteiger partial charge on any atom is -0.497 e. The van der Waals surface area contributed by atoms with Gasteiger partial charge in [0, 0.05) is 18.7 Å². The molecule has 0 bridgehead atoms. The van der Waals surface area contributed by atoms with Crippen molar-refractivity contribution < 1.29 is 14.3 Å². The highest BCUT2D eigenvalue weighted by Crippen LogP contribution is 2.22. The number of amides is 2. The van der Waals surface area contributed by atoms with E-state index in [0.717, 1.165) is 5.56 Å². The van der Waals surface area contributed by atoms with Gasteiger partial charge >= 0.3 is 0 Å². The van der Waals surface area contributed by atoms with Gasteiger partial charge in [0.2, 0.25) is 17.0 Å². The molecular formula is C20H22N6O3S. The Bertz CT molecular complexity index is 978. The van der Waals surface area contributed by atoms with E-state index in [1.54, 1.807) is 36.1 Å². The van der Waals surface area contributed by atoms with Crippen LogP contribution >= 0.6 is 11.8 Å². The van der Waals surface area contributed by atoms with Gasteiger partial charge in [-0.15, -0.1) is 5.10 Å². The fraction of sp³-hybridized carbons (Fsp3) is 0.250. The lowest BCUT2D eigenvalue weighted by Gasteiger charge is -2.22. The van der Waals surface area contributed by atoms with Crippen molar-refractivity contribution in [1.82, 2.24) is 20.2 Å². The third-order valence-corrected chi connectivity index (χ3v) is 5.21. The smallest absolute Gasteiger partial charge is 0.237 e. The molecule has 30 heavy (non-hydrogen) atoms. The average molecular weight is 427 g/mol. The van der Waals surface area contributed by atoms with Crippen LogP contribution in [0.2, 0.25) is 0 Å². The molecule has 0 atom stereocenters. The van der Waals surface area contributed by atoms with Gasteiger partial charge in [0.25, 0.3) is 0 Å². The lowest BCUT2D eigenvalue weighted by Crippen LogP contribution is -2.35. The van der Waals surface area contributed by atoms with Crippen LogP contribution in [0.4, 0.5) is 5.69 Å². The maximum atomic E-state index is 12.9. The number of thioether (sulfide) groups is 1. The fourth-order valence-corrected chi connectivity index (χ4v) is 3.49. The Labute approximate surface area is 178 Å². The van der Waals surface area contributed by atoms with E-state index < -0.39 is 5.91 Å². The van der Waals surface area contributed by atoms with Crippen molar-refractivity contribution in [1.29, 1.82) is 0 Å². The van der Waals surface area contributed by atoms with Crippen molar-refractivity contribution >= 4 is 29.3 Å². The van der Waals surface area contributed by atoms with Crippen molar-refractivity contribution in [2.45, 2.75) is 18.1 Å². The van der Waals surface area contributed by atoms with E-state index in [1.165, 1.54) is 16.7 Å². The average Bonchev–Trinajstić information content (AvgIpc) is 3.20. The molecule has 156 valence electrons. The van der Waals surface area contributed by atoms with Crippen molar-refractivity contribution in [2.75, 3.05) is 24.3 Å². The lowest BCUT2D eigenvalue weighted by molar-refractivity contribution is -0.118. The number of anilines is 1. The first-order chi connectivity index (χ1) is 14.6. The predicted molar refractivity (Wildman–Crippen MR) is 113 cm³/mol. The Morgan fingerprint density at radius 3 is 2.53 bits per heavy atom. The van der Waals surface area contributed by atoms with E-state index in [2.05, 4.69) is 15.5 Å². The molecule has 0 saturated heterocycles. The molecule has 2 amide bonds. The molecule has 0 aliphatic rings. The van der Waals surface area contributed by atoms with E-state index in [-0.39, 0.29) is 24.6 Å². The summed E-state index contributed by atoms with van der Waals surface area (Å²) in [5, 5.41) is 12.3. The van der Waals surface area contributed by atoms with Gasteiger partial charge in [-0.05, 0) is 40.3 Å². The van der Waals surface area contributed by atoms with Crippen LogP contribution in [0.5, 0.6) is 5.75 Å². The highest BCUT2D eigenvalue weighted by molar-refractivity contribution is 7.99. The number of benzene rings is 2. The van der Waals surface area contributed by atoms with Crippen molar-refractivity contribution in [3.63, 3.8) is 0 Å². The van der Waals surface area contributed by atoms with Gasteiger partial charge in [-0.25, -0.2) is 4.68 Å². The molecule has 1 aromatic heterocycles. The molecule has 1 heterocycles. The lowest BCUT2D eigenvalue weighted by atomic mass is 10.2. The minimum absolute atomic E-state index is 0.0637. The molecule has 9 nitrogen and oxygen atoms in total. The summed E-state index contributed by atoms with van der Waals surface area (Å²) < 4.78 is 6.81. The summed E-state index contributed by atoms with van der Waals surface area (Å²) in [4.78, 5) is 25.7. The monoisotopic (exact) mass is 426 g/mol. The quantitative estimate of drug-likeness (QED) is 0.491. The van der Waals surface area contributed by atoms with Gasteiger partial charge in [0.05, 0.1) is 19.4 Å². The number of hydrogen-bond acceptors (Lipinski definition) is 7. The number of rotatable bonds is 10. The van der Waals surface area contributed by atoms with E-state index in [1.807, 2.05) is 30.3 Å². The van der Waals surface area contributed by atoms with Crippen LogP contribution < -0.4 is 15.4 Å². The van der Waals surface area contributed by atoms with Crippen molar-refractivity contribution in [2.24, 2.45) is 5.73 Å². The Hall–Kier alpha value is -3.40. The van der Waals surface area contributed by atoms with Crippen LogP contribution in [0, 0.1) is 0 Å². The Morgan fingerprint density at radius 2 is 1.87 bits per heavy atom. The summed E-state index contributed by atoms with van der Waals surface area (Å²) in [7, 11) is 1.57. The predicted octanol–water partition coefficient (Wildman–Crippen LogP) is 1.73. The maximum Gasteiger partial charge on any atom is 0.237 e. The van der Waals surface area contributed by atoms with E-state index in [4.69, 9.17) is 10.5 Å². The molecule has 0 aliphatic carbocycles. The number of aromatic nitrogens is 4. The molecule has 10 heteroatoms. The van der Waals surface area contributed by atoms with Gasteiger partial charge < -0.3 is 15.4 Å². The zero-order valence-electron chi connectivity index (χ0n) is 16.5. The van der Waals surface area contributed by atoms with Crippen LogP contribution in [0.15, 0.2) is 59.8 Å². The van der Waals surface area contributed by atoms with Crippen molar-refractivity contribution in [3.8, 4) is 5.75 Å². The van der Waals surface area contributed by atoms with E-state index in [0.29, 0.717) is 23.1 Å². The second-order valence-corrected chi connectivity index (χ2v) is 7.30. The second kappa shape index (κ2) is 10.4. The molecule has 3 rings (SSSR count). The first kappa shape index (κ1) is 21.3. The van der Waals surface area contributed by atoms with E-state index in [9.17, 15) is 9.59 Å². The number of ether oxygens (including phenoxy) is 1. The van der Waals surface area contributed by atoms with Crippen molar-refractivity contribution in [3.05, 3.63) is 60.2 Å². The number of nitrogens with zero attached hydrogens (tertiary/aromatic N) is 5. The summed E-state index contributed by atoms with van der Waals surface area (Å²) in [5.41, 5.74) is 6.99. The van der Waals surface area contributed by atoms with Gasteiger partial charge in [-0.2, -0.15) is 0 Å². The Balaban J connectivity index is 1.68. The second-order valence-electron chi connectivity index (χ2n) is 6.35. The highest BCUT2D eigenvalue weighted by Gasteiger charge is 2.19. The molecule has 0 aliphatic heterocycles. The number of carbonyl (C=O) groups excluding carboxylic acids is 2. The van der Waals surface area contributed by atoms with Gasteiger partial charge in [0.1, 0.15) is 5.75 Å². The zero-order chi connectivity index (χ0) is 21.3. The van der Waals surface area contributed by atoms with Crippen LogP contribution in [-0.4, -0.2) is 51.4 Å². The summed E-state index contributed by atoms with van der Waals surface area (Å²) in [5.74, 6) is 0.136. The number of nitrogens with two attached hydrogens (primary N) is 1. The molecule has 0 unspecified atom stereocenters. The summed E-state index contributed by atoms with van der Waals surface area (Å²) in [6.07, 6.45) is 0.0637. The highest BCUT2D eigenvalue weighted by atomic mass is 32.2. The zero-order valence-corrected chi connectivity index (χ0v) is 17.3. The van der Waals surface area contributed by atoms with Crippen LogP contribution in [0.25, 0.3) is 0 Å². The molecule has 0 spiro atoms. The standard InChI is InChI=1S/C20H22N6O3S/c1-29-17-9-7-16(8-10-17)25(12-11-18(21)27)19(28)14-30-20-22-23-24-26(20)13-15-5-3-2-4-6-15/h2-10H,11-14H2,1H3,(H2,21,27). The third kappa shape index (κ3) is 5.80. The SMILES string of the molecule is COc1ccc(N(CCC(N)=O)C(=O)CSc2nnnn2Cc2ccccc2)cc1. The molecule has 3 aromatic rings. The topological polar surface area (TPSA) is 116 Å². The van der Waals surface area contributed by atoms with Crippen LogP contribution in [0.1, 0.15) is 12.0 Å². The van der Waals surface area contributed by atoms with Gasteiger partial charge in [-0.3, -0.25) is 9.59 Å². The van der Waals surface area contributed by atoms with Gasteiger partial charge in [0.15, 0.2) is 0 Å². The number of carbonyl (C=O) groups is 2. The first-order valence-electron chi connectivity index (χ1n) is 9.22. The Morgan fingerprint density at radius 1 is 1.13 bits per heavy atom. The van der Waals surface area contributed by atoms with Gasteiger partial charge in [-0.1, -0.05) is 42.1 Å². The first-order valence-corrected chi connectivity index (χ1v) is 10.2. The molecule has 2 aromatic carbocycles. The summed E-state index contributed by atoms with van der Waals surface area (Å²) >= 11 is 1.24. The number of tetrazole rings is 1. The molecular weight excluding hydrogens is 404 g/mol. The number of methoxy groups -OCH3 is 1. The largest absolute Gasteiger partial charge is 0.497 e. The number of hydrogen-bond donors (Lipinski definition) is 1. The third-order valence-electron chi connectivity index (χ3n) is 4.27. The molecule has 0 radical (unpaired) electrons. The minimum atomic E-state index is -0.472.